The maximum atomic E-state index is 11.8. The van der Waals surface area contributed by atoms with E-state index in [1.165, 1.54) is 19.2 Å². The molecule has 0 bridgehead atoms. The minimum absolute atomic E-state index is 0.138. The number of aromatic nitrogens is 2. The van der Waals surface area contributed by atoms with Gasteiger partial charge in [-0.3, -0.25) is 4.57 Å². The highest BCUT2D eigenvalue weighted by atomic mass is 16.5. The lowest BCUT2D eigenvalue weighted by Crippen LogP contribution is -2.11. The zero-order chi connectivity index (χ0) is 21.3. The summed E-state index contributed by atoms with van der Waals surface area (Å²) in [5.74, 6) is -0.171. The Hall–Kier alpha value is -4.00. The highest BCUT2D eigenvalue weighted by Gasteiger charge is 2.10. The van der Waals surface area contributed by atoms with E-state index in [1.807, 2.05) is 42.5 Å². The molecule has 0 aliphatic carbocycles. The standard InChI is InChI=1S/C23H20N2O5/c1-25-19-11-16(7-9-18(19)24-23(25)28)15-5-3-14(4-6-15)13-30-20-10-8-17(22(26)27)12-21(20)29-2/h3-12H,13H2,1-2H3,(H,24,28)(H,26,27). The molecular formula is C23H20N2O5. The third-order valence-electron chi connectivity index (χ3n) is 5.00. The maximum Gasteiger partial charge on any atom is 0.335 e. The van der Waals surface area contributed by atoms with Crippen LogP contribution in [0.15, 0.2) is 65.5 Å². The molecule has 30 heavy (non-hydrogen) atoms. The first-order valence-electron chi connectivity index (χ1n) is 9.28. The van der Waals surface area contributed by atoms with E-state index in [0.29, 0.717) is 18.1 Å². The van der Waals surface area contributed by atoms with Gasteiger partial charge in [-0.2, -0.15) is 0 Å². The molecule has 7 heteroatoms. The molecule has 0 saturated carbocycles. The number of H-pyrrole nitrogens is 1. The summed E-state index contributed by atoms with van der Waals surface area (Å²) in [5.41, 5.74) is 4.65. The van der Waals surface area contributed by atoms with E-state index in [0.717, 1.165) is 27.7 Å². The van der Waals surface area contributed by atoms with Crippen LogP contribution in [0.25, 0.3) is 22.2 Å². The number of aromatic carboxylic acids is 1. The largest absolute Gasteiger partial charge is 0.493 e. The van der Waals surface area contributed by atoms with Crippen molar-refractivity contribution in [2.24, 2.45) is 7.05 Å². The van der Waals surface area contributed by atoms with Crippen LogP contribution in [0.4, 0.5) is 0 Å². The highest BCUT2D eigenvalue weighted by molar-refractivity contribution is 5.88. The van der Waals surface area contributed by atoms with Crippen LogP contribution in [0.3, 0.4) is 0 Å². The van der Waals surface area contributed by atoms with Crippen LogP contribution in [-0.4, -0.2) is 27.7 Å². The molecule has 0 spiro atoms. The van der Waals surface area contributed by atoms with Crippen LogP contribution >= 0.6 is 0 Å². The number of carbonyl (C=O) groups is 1. The molecule has 0 atom stereocenters. The Kier molecular flexibility index (Phi) is 5.02. The van der Waals surface area contributed by atoms with Gasteiger partial charge in [0.2, 0.25) is 0 Å². The number of ether oxygens (including phenoxy) is 2. The smallest absolute Gasteiger partial charge is 0.335 e. The van der Waals surface area contributed by atoms with Gasteiger partial charge in [-0.1, -0.05) is 30.3 Å². The molecule has 3 aromatic carbocycles. The number of fused-ring (bicyclic) bond motifs is 1. The summed E-state index contributed by atoms with van der Waals surface area (Å²) in [6.07, 6.45) is 0. The molecule has 0 radical (unpaired) electrons. The van der Waals surface area contributed by atoms with Gasteiger partial charge < -0.3 is 19.6 Å². The van der Waals surface area contributed by atoms with Gasteiger partial charge in [0.25, 0.3) is 0 Å². The number of nitrogens with one attached hydrogen (secondary N) is 1. The molecule has 0 aliphatic heterocycles. The topological polar surface area (TPSA) is 93.6 Å². The Morgan fingerprint density at radius 2 is 1.73 bits per heavy atom. The number of aryl methyl sites for hydroxylation is 1. The molecule has 0 unspecified atom stereocenters. The van der Waals surface area contributed by atoms with Gasteiger partial charge in [-0.25, -0.2) is 9.59 Å². The Morgan fingerprint density at radius 1 is 1.00 bits per heavy atom. The van der Waals surface area contributed by atoms with Crippen LogP contribution in [-0.2, 0) is 13.7 Å². The Bertz CT molecular complexity index is 1290. The molecule has 0 aliphatic rings. The highest BCUT2D eigenvalue weighted by Crippen LogP contribution is 2.29. The molecule has 152 valence electrons. The fourth-order valence-corrected chi connectivity index (χ4v) is 3.28. The first-order chi connectivity index (χ1) is 14.5. The summed E-state index contributed by atoms with van der Waals surface area (Å²) < 4.78 is 12.6. The summed E-state index contributed by atoms with van der Waals surface area (Å²) in [6.45, 7) is 0.314. The molecule has 0 fully saturated rings. The van der Waals surface area contributed by atoms with Crippen molar-refractivity contribution in [3.63, 3.8) is 0 Å². The quantitative estimate of drug-likeness (QED) is 0.510. The number of carboxylic acid groups (broad SMARTS) is 1. The fraction of sp³-hybridized carbons (Fsp3) is 0.130. The Morgan fingerprint density at radius 3 is 2.43 bits per heavy atom. The number of hydrogen-bond donors (Lipinski definition) is 2. The van der Waals surface area contributed by atoms with Crippen molar-refractivity contribution in [2.45, 2.75) is 6.61 Å². The minimum atomic E-state index is -1.02. The van der Waals surface area contributed by atoms with Gasteiger partial charge >= 0.3 is 11.7 Å². The van der Waals surface area contributed by atoms with E-state index in [4.69, 9.17) is 14.6 Å². The van der Waals surface area contributed by atoms with Crippen LogP contribution < -0.4 is 15.2 Å². The van der Waals surface area contributed by atoms with E-state index >= 15 is 0 Å². The summed E-state index contributed by atoms with van der Waals surface area (Å²) in [4.78, 5) is 25.7. The first kappa shape index (κ1) is 19.3. The van der Waals surface area contributed by atoms with Crippen LogP contribution in [0.2, 0.25) is 0 Å². The maximum absolute atomic E-state index is 11.8. The monoisotopic (exact) mass is 404 g/mol. The van der Waals surface area contributed by atoms with Crippen LogP contribution in [0.5, 0.6) is 11.5 Å². The summed E-state index contributed by atoms with van der Waals surface area (Å²) in [7, 11) is 3.21. The average Bonchev–Trinajstić information content (AvgIpc) is 3.05. The molecule has 0 amide bonds. The van der Waals surface area contributed by atoms with Gasteiger partial charge in [-0.05, 0) is 47.0 Å². The molecule has 4 rings (SSSR count). The van der Waals surface area contributed by atoms with E-state index in [9.17, 15) is 9.59 Å². The number of carboxylic acids is 1. The van der Waals surface area contributed by atoms with Crippen molar-refractivity contribution in [3.8, 4) is 22.6 Å². The minimum Gasteiger partial charge on any atom is -0.493 e. The second kappa shape index (κ2) is 7.79. The number of aromatic amines is 1. The summed E-state index contributed by atoms with van der Waals surface area (Å²) >= 11 is 0. The number of rotatable bonds is 6. The molecule has 1 heterocycles. The van der Waals surface area contributed by atoms with Crippen LogP contribution in [0.1, 0.15) is 15.9 Å². The van der Waals surface area contributed by atoms with Crippen molar-refractivity contribution in [2.75, 3.05) is 7.11 Å². The first-order valence-corrected chi connectivity index (χ1v) is 9.28. The van der Waals surface area contributed by atoms with E-state index in [2.05, 4.69) is 4.98 Å². The Labute approximate surface area is 172 Å². The molecule has 1 aromatic heterocycles. The van der Waals surface area contributed by atoms with Gasteiger partial charge in [0, 0.05) is 7.05 Å². The predicted octanol–water partition coefficient (Wildman–Crippen LogP) is 3.82. The Balaban J connectivity index is 1.51. The lowest BCUT2D eigenvalue weighted by molar-refractivity contribution is 0.0696. The van der Waals surface area contributed by atoms with Gasteiger partial charge in [0.05, 0.1) is 23.7 Å². The lowest BCUT2D eigenvalue weighted by Gasteiger charge is -2.12. The van der Waals surface area contributed by atoms with Gasteiger partial charge in [0.15, 0.2) is 11.5 Å². The number of imidazole rings is 1. The predicted molar refractivity (Wildman–Crippen MR) is 113 cm³/mol. The molecule has 4 aromatic rings. The zero-order valence-corrected chi connectivity index (χ0v) is 16.5. The van der Waals surface area contributed by atoms with Gasteiger partial charge in [-0.15, -0.1) is 0 Å². The third-order valence-corrected chi connectivity index (χ3v) is 5.00. The summed E-state index contributed by atoms with van der Waals surface area (Å²) in [5, 5.41) is 9.08. The van der Waals surface area contributed by atoms with Gasteiger partial charge in [0.1, 0.15) is 6.61 Å². The number of nitrogens with zero attached hydrogens (tertiary/aromatic N) is 1. The van der Waals surface area contributed by atoms with Crippen molar-refractivity contribution < 1.29 is 19.4 Å². The molecular weight excluding hydrogens is 384 g/mol. The van der Waals surface area contributed by atoms with Crippen molar-refractivity contribution in [1.82, 2.24) is 9.55 Å². The van der Waals surface area contributed by atoms with E-state index < -0.39 is 5.97 Å². The average molecular weight is 404 g/mol. The van der Waals surface area contributed by atoms with E-state index in [1.54, 1.807) is 17.7 Å². The van der Waals surface area contributed by atoms with Crippen molar-refractivity contribution in [3.05, 3.63) is 82.3 Å². The normalized spacial score (nSPS) is 10.9. The SMILES string of the molecule is COc1cc(C(=O)O)ccc1OCc1ccc(-c2ccc3[nH]c(=O)n(C)c3c2)cc1. The molecule has 7 nitrogen and oxygen atoms in total. The number of methoxy groups -OCH3 is 1. The second-order valence-electron chi connectivity index (χ2n) is 6.88. The number of hydrogen-bond acceptors (Lipinski definition) is 4. The third kappa shape index (κ3) is 3.65. The fourth-order valence-electron chi connectivity index (χ4n) is 3.28. The van der Waals surface area contributed by atoms with Crippen molar-refractivity contribution in [1.29, 1.82) is 0 Å². The molecule has 2 N–H and O–H groups in total. The van der Waals surface area contributed by atoms with E-state index in [-0.39, 0.29) is 11.3 Å². The second-order valence-corrected chi connectivity index (χ2v) is 6.88. The molecule has 0 saturated heterocycles. The lowest BCUT2D eigenvalue weighted by atomic mass is 10.0. The van der Waals surface area contributed by atoms with Crippen molar-refractivity contribution >= 4 is 17.0 Å². The summed E-state index contributed by atoms with van der Waals surface area (Å²) in [6, 6.07) is 18.3. The van der Waals surface area contributed by atoms with Crippen LogP contribution in [0, 0.1) is 0 Å². The number of benzene rings is 3. The zero-order valence-electron chi connectivity index (χ0n) is 16.5.